The molecule has 2 aromatic carbocycles. The van der Waals surface area contributed by atoms with Gasteiger partial charge in [0.15, 0.2) is 0 Å². The summed E-state index contributed by atoms with van der Waals surface area (Å²) in [6.07, 6.45) is 7.51. The summed E-state index contributed by atoms with van der Waals surface area (Å²) in [7, 11) is 0. The van der Waals surface area contributed by atoms with E-state index in [0.717, 1.165) is 38.1 Å². The molecule has 0 aliphatic heterocycles. The van der Waals surface area contributed by atoms with E-state index >= 15 is 0 Å². The van der Waals surface area contributed by atoms with Crippen LogP contribution >= 0.6 is 23.4 Å². The van der Waals surface area contributed by atoms with E-state index in [4.69, 9.17) is 11.6 Å². The highest BCUT2D eigenvalue weighted by Crippen LogP contribution is 2.37. The molecule has 5 heteroatoms. The van der Waals surface area contributed by atoms with Gasteiger partial charge in [-0.25, -0.2) is 9.97 Å². The molecule has 0 aliphatic carbocycles. The first kappa shape index (κ1) is 19.0. The summed E-state index contributed by atoms with van der Waals surface area (Å²) in [5, 5.41) is 2.89. The molecule has 0 radical (unpaired) electrons. The van der Waals surface area contributed by atoms with Crippen molar-refractivity contribution in [3.63, 3.8) is 0 Å². The van der Waals surface area contributed by atoms with Crippen LogP contribution in [0.4, 0.5) is 0 Å². The molecular weight excluding hydrogens is 386 g/mol. The van der Waals surface area contributed by atoms with Crippen LogP contribution < -0.4 is 0 Å². The highest BCUT2D eigenvalue weighted by atomic mass is 35.5. The molecule has 142 valence electrons. The molecule has 4 rings (SSSR count). The van der Waals surface area contributed by atoms with Crippen LogP contribution in [0.25, 0.3) is 27.8 Å². The summed E-state index contributed by atoms with van der Waals surface area (Å²) in [5.41, 5.74) is 4.29. The van der Waals surface area contributed by atoms with Crippen LogP contribution in [0.15, 0.2) is 72.1 Å². The van der Waals surface area contributed by atoms with Gasteiger partial charge < -0.3 is 4.57 Å². The van der Waals surface area contributed by atoms with Crippen LogP contribution in [0.1, 0.15) is 26.2 Å². The maximum atomic E-state index is 6.09. The third-order valence-electron chi connectivity index (χ3n) is 4.72. The number of hydrogen-bond acceptors (Lipinski definition) is 3. The third-order valence-corrected chi connectivity index (χ3v) is 6.05. The van der Waals surface area contributed by atoms with Crippen LogP contribution in [0.3, 0.4) is 0 Å². The lowest BCUT2D eigenvalue weighted by molar-refractivity contribution is 0.778. The Morgan fingerprint density at radius 1 is 0.964 bits per heavy atom. The Labute approximate surface area is 174 Å². The first-order valence-corrected chi connectivity index (χ1v) is 10.9. The van der Waals surface area contributed by atoms with E-state index in [2.05, 4.69) is 51.9 Å². The van der Waals surface area contributed by atoms with E-state index in [0.29, 0.717) is 0 Å². The van der Waals surface area contributed by atoms with Gasteiger partial charge in [0, 0.05) is 22.5 Å². The predicted molar refractivity (Wildman–Crippen MR) is 120 cm³/mol. The van der Waals surface area contributed by atoms with Gasteiger partial charge in [0.25, 0.3) is 0 Å². The maximum absolute atomic E-state index is 6.09. The van der Waals surface area contributed by atoms with Gasteiger partial charge in [0.05, 0.1) is 5.39 Å². The van der Waals surface area contributed by atoms with Crippen LogP contribution in [0.5, 0.6) is 0 Å². The van der Waals surface area contributed by atoms with Crippen molar-refractivity contribution in [1.29, 1.82) is 0 Å². The molecule has 3 nitrogen and oxygen atoms in total. The van der Waals surface area contributed by atoms with E-state index in [-0.39, 0.29) is 0 Å². The molecule has 0 saturated heterocycles. The summed E-state index contributed by atoms with van der Waals surface area (Å²) in [6, 6.07) is 18.3. The number of rotatable bonds is 7. The molecule has 0 saturated carbocycles. The van der Waals surface area contributed by atoms with Crippen LogP contribution in [0, 0.1) is 0 Å². The average Bonchev–Trinajstić information content (AvgIpc) is 3.13. The van der Waals surface area contributed by atoms with Crippen LogP contribution in [0.2, 0.25) is 5.02 Å². The van der Waals surface area contributed by atoms with Gasteiger partial charge in [0.2, 0.25) is 0 Å². The summed E-state index contributed by atoms with van der Waals surface area (Å²) < 4.78 is 2.13. The second-order valence-corrected chi connectivity index (χ2v) is 8.21. The van der Waals surface area contributed by atoms with Gasteiger partial charge in [-0.05, 0) is 42.0 Å². The van der Waals surface area contributed by atoms with Crippen molar-refractivity contribution in [2.45, 2.75) is 31.2 Å². The summed E-state index contributed by atoms with van der Waals surface area (Å²) in [6.45, 7) is 2.23. The van der Waals surface area contributed by atoms with Gasteiger partial charge in [-0.2, -0.15) is 0 Å². The number of nitrogens with zero attached hydrogens (tertiary/aromatic N) is 3. The van der Waals surface area contributed by atoms with E-state index in [9.17, 15) is 0 Å². The largest absolute Gasteiger partial charge is 0.301 e. The molecule has 0 bridgehead atoms. The average molecular weight is 408 g/mol. The van der Waals surface area contributed by atoms with Crippen LogP contribution in [-0.4, -0.2) is 20.3 Å². The quantitative estimate of drug-likeness (QED) is 0.187. The topological polar surface area (TPSA) is 30.7 Å². The molecular formula is C23H22ClN3S. The molecule has 0 unspecified atom stereocenters. The zero-order valence-electron chi connectivity index (χ0n) is 15.8. The molecule has 4 aromatic rings. The van der Waals surface area contributed by atoms with E-state index in [1.807, 2.05) is 42.1 Å². The highest BCUT2D eigenvalue weighted by Gasteiger charge is 2.17. The van der Waals surface area contributed by atoms with Gasteiger partial charge >= 0.3 is 0 Å². The van der Waals surface area contributed by atoms with Crippen molar-refractivity contribution in [3.05, 3.63) is 72.1 Å². The van der Waals surface area contributed by atoms with Gasteiger partial charge in [0.1, 0.15) is 17.0 Å². The van der Waals surface area contributed by atoms with Crippen molar-refractivity contribution >= 4 is 34.4 Å². The molecule has 0 N–H and O–H groups in total. The highest BCUT2D eigenvalue weighted by molar-refractivity contribution is 7.99. The van der Waals surface area contributed by atoms with E-state index in [1.54, 1.807) is 6.33 Å². The third kappa shape index (κ3) is 3.94. The number of benzene rings is 2. The van der Waals surface area contributed by atoms with Crippen LogP contribution in [-0.2, 0) is 0 Å². The fourth-order valence-electron chi connectivity index (χ4n) is 3.30. The van der Waals surface area contributed by atoms with Crippen molar-refractivity contribution in [1.82, 2.24) is 14.5 Å². The Balaban J connectivity index is 1.86. The molecule has 0 spiro atoms. The van der Waals surface area contributed by atoms with E-state index < -0.39 is 0 Å². The zero-order chi connectivity index (χ0) is 19.3. The molecule has 2 aromatic heterocycles. The first-order chi connectivity index (χ1) is 13.8. The second kappa shape index (κ2) is 8.80. The number of thioether (sulfide) groups is 1. The summed E-state index contributed by atoms with van der Waals surface area (Å²) in [4.78, 5) is 9.27. The SMILES string of the molecule is CCCCCSc1ncnc2c1c(-c1ccccc1)cn2-c1ccc(Cl)cc1. The number of halogens is 1. The normalized spacial score (nSPS) is 11.2. The number of hydrogen-bond donors (Lipinski definition) is 0. The fourth-order valence-corrected chi connectivity index (χ4v) is 4.43. The Morgan fingerprint density at radius 3 is 2.50 bits per heavy atom. The van der Waals surface area contributed by atoms with Crippen molar-refractivity contribution in [2.75, 3.05) is 5.75 Å². The fraction of sp³-hybridized carbons (Fsp3) is 0.217. The Morgan fingerprint density at radius 2 is 1.75 bits per heavy atom. The lowest BCUT2D eigenvalue weighted by Crippen LogP contribution is -1.95. The first-order valence-electron chi connectivity index (χ1n) is 9.58. The lowest BCUT2D eigenvalue weighted by atomic mass is 10.1. The maximum Gasteiger partial charge on any atom is 0.149 e. The molecule has 28 heavy (non-hydrogen) atoms. The Bertz CT molecular complexity index is 1060. The zero-order valence-corrected chi connectivity index (χ0v) is 17.4. The minimum atomic E-state index is 0.727. The summed E-state index contributed by atoms with van der Waals surface area (Å²) in [5.74, 6) is 1.07. The molecule has 0 aliphatic rings. The van der Waals surface area contributed by atoms with E-state index in [1.165, 1.54) is 24.8 Å². The Kier molecular flexibility index (Phi) is 5.98. The van der Waals surface area contributed by atoms with Gasteiger partial charge in [-0.15, -0.1) is 11.8 Å². The number of fused-ring (bicyclic) bond motifs is 1. The predicted octanol–water partition coefficient (Wildman–Crippen LogP) is 7.02. The lowest BCUT2D eigenvalue weighted by Gasteiger charge is -2.06. The monoisotopic (exact) mass is 407 g/mol. The number of unbranched alkanes of at least 4 members (excludes halogenated alkanes) is 2. The summed E-state index contributed by atoms with van der Waals surface area (Å²) >= 11 is 7.91. The number of aromatic nitrogens is 3. The van der Waals surface area contributed by atoms with Gasteiger partial charge in [-0.1, -0.05) is 61.7 Å². The second-order valence-electron chi connectivity index (χ2n) is 6.69. The van der Waals surface area contributed by atoms with Crippen molar-refractivity contribution in [3.8, 4) is 16.8 Å². The smallest absolute Gasteiger partial charge is 0.149 e. The molecule has 0 atom stereocenters. The Hall–Kier alpha value is -2.30. The minimum Gasteiger partial charge on any atom is -0.301 e. The standard InChI is InChI=1S/C23H22ClN3S/c1-2-3-7-14-28-23-21-20(17-8-5-4-6-9-17)15-27(22(21)25-16-26-23)19-12-10-18(24)11-13-19/h4-6,8-13,15-16H,2-3,7,14H2,1H3. The van der Waals surface area contributed by atoms with Gasteiger partial charge in [-0.3, -0.25) is 0 Å². The molecule has 2 heterocycles. The molecule has 0 amide bonds. The minimum absolute atomic E-state index is 0.727. The van der Waals surface area contributed by atoms with Crippen molar-refractivity contribution in [2.24, 2.45) is 0 Å². The van der Waals surface area contributed by atoms with Crippen molar-refractivity contribution < 1.29 is 0 Å². The molecule has 0 fully saturated rings.